The van der Waals surface area contributed by atoms with Gasteiger partial charge in [-0.15, -0.1) is 0 Å². The molecule has 0 fully saturated rings. The Labute approximate surface area is 192 Å². The maximum atomic E-state index is 13.2. The smallest absolute Gasteiger partial charge is 0.242 e. The number of amides is 2. The molecule has 2 amide bonds. The molecule has 0 spiro atoms. The zero-order valence-electron chi connectivity index (χ0n) is 17.2. The van der Waals surface area contributed by atoms with Crippen LogP contribution in [0, 0.1) is 0 Å². The molecule has 4 nitrogen and oxygen atoms in total. The number of nitrogens with one attached hydrogen (secondary N) is 1. The average Bonchev–Trinajstić information content (AvgIpc) is 2.78. The molecule has 6 heteroatoms. The number of nitrogens with zero attached hydrogens (tertiary/aromatic N) is 1. The van der Waals surface area contributed by atoms with E-state index in [1.165, 1.54) is 0 Å². The Morgan fingerprint density at radius 3 is 1.94 bits per heavy atom. The first-order valence-electron chi connectivity index (χ1n) is 10.0. The Hall–Kier alpha value is -2.82. The molecule has 3 aromatic rings. The van der Waals surface area contributed by atoms with Gasteiger partial charge < -0.3 is 10.2 Å². The van der Waals surface area contributed by atoms with Gasteiger partial charge in [0.1, 0.15) is 6.04 Å². The fraction of sp³-hybridized carbons (Fsp3) is 0.200. The van der Waals surface area contributed by atoms with Crippen molar-refractivity contribution in [2.45, 2.75) is 32.5 Å². The molecule has 1 N–H and O–H groups in total. The molecule has 0 aromatic heterocycles. The topological polar surface area (TPSA) is 49.4 Å². The molecule has 0 unspecified atom stereocenters. The maximum absolute atomic E-state index is 13.2. The third-order valence-electron chi connectivity index (χ3n) is 5.01. The number of carbonyl (C=O) groups is 2. The molecule has 160 valence electrons. The van der Waals surface area contributed by atoms with Crippen LogP contribution < -0.4 is 5.32 Å². The number of carbonyl (C=O) groups excluding carboxylic acids is 2. The van der Waals surface area contributed by atoms with Gasteiger partial charge in [0.2, 0.25) is 11.8 Å². The summed E-state index contributed by atoms with van der Waals surface area (Å²) >= 11 is 11.9. The lowest BCUT2D eigenvalue weighted by Gasteiger charge is -2.29. The number of hydrogen-bond acceptors (Lipinski definition) is 2. The summed E-state index contributed by atoms with van der Waals surface area (Å²) in [5.41, 5.74) is 2.74. The van der Waals surface area contributed by atoms with Gasteiger partial charge in [0.25, 0.3) is 0 Å². The van der Waals surface area contributed by atoms with Crippen molar-refractivity contribution in [3.63, 3.8) is 0 Å². The molecular formula is C25H24Cl2N2O2. The van der Waals surface area contributed by atoms with E-state index in [0.29, 0.717) is 23.1 Å². The van der Waals surface area contributed by atoms with Gasteiger partial charge in [-0.3, -0.25) is 9.59 Å². The molecule has 0 bridgehead atoms. The van der Waals surface area contributed by atoms with E-state index in [0.717, 1.165) is 16.7 Å². The first kappa shape index (κ1) is 22.9. The van der Waals surface area contributed by atoms with Gasteiger partial charge in [-0.25, -0.2) is 0 Å². The lowest BCUT2D eigenvalue weighted by molar-refractivity contribution is -0.140. The van der Waals surface area contributed by atoms with Crippen LogP contribution in [0.4, 0.5) is 0 Å². The standard InChI is InChI=1S/C25H24Cl2N2O2/c1-18(25(31)28-16-20-5-3-2-4-6-20)29(17-21-9-13-23(27)14-10-21)24(30)15-19-7-11-22(26)12-8-19/h2-14,18H,15-17H2,1H3,(H,28,31)/t18-/m1/s1. The Balaban J connectivity index is 1.74. The highest BCUT2D eigenvalue weighted by atomic mass is 35.5. The van der Waals surface area contributed by atoms with Crippen LogP contribution in [0.2, 0.25) is 10.0 Å². The maximum Gasteiger partial charge on any atom is 0.242 e. The van der Waals surface area contributed by atoms with Crippen LogP contribution in [0.15, 0.2) is 78.9 Å². The van der Waals surface area contributed by atoms with Crippen molar-refractivity contribution < 1.29 is 9.59 Å². The number of halogens is 2. The second kappa shape index (κ2) is 11.0. The summed E-state index contributed by atoms with van der Waals surface area (Å²) < 4.78 is 0. The SMILES string of the molecule is C[C@H](C(=O)NCc1ccccc1)N(Cc1ccc(Cl)cc1)C(=O)Cc1ccc(Cl)cc1. The largest absolute Gasteiger partial charge is 0.350 e. The van der Waals surface area contributed by atoms with Gasteiger partial charge in [0.05, 0.1) is 6.42 Å². The van der Waals surface area contributed by atoms with Gasteiger partial charge in [0, 0.05) is 23.1 Å². The fourth-order valence-corrected chi connectivity index (χ4v) is 3.43. The van der Waals surface area contributed by atoms with Crippen molar-refractivity contribution in [1.29, 1.82) is 0 Å². The minimum Gasteiger partial charge on any atom is -0.350 e. The fourth-order valence-electron chi connectivity index (χ4n) is 3.18. The number of rotatable bonds is 8. The molecule has 0 heterocycles. The van der Waals surface area contributed by atoms with Crippen LogP contribution in [0.1, 0.15) is 23.6 Å². The van der Waals surface area contributed by atoms with Crippen LogP contribution in [0.5, 0.6) is 0 Å². The molecular weight excluding hydrogens is 431 g/mol. The van der Waals surface area contributed by atoms with E-state index in [1.807, 2.05) is 54.6 Å². The number of hydrogen-bond donors (Lipinski definition) is 1. The van der Waals surface area contributed by atoms with Crippen LogP contribution in [-0.4, -0.2) is 22.8 Å². The van der Waals surface area contributed by atoms with E-state index in [4.69, 9.17) is 23.2 Å². The third-order valence-corrected chi connectivity index (χ3v) is 5.52. The predicted octanol–water partition coefficient (Wildman–Crippen LogP) is 5.27. The number of benzene rings is 3. The molecule has 0 aliphatic rings. The molecule has 31 heavy (non-hydrogen) atoms. The minimum absolute atomic E-state index is 0.139. The Bertz CT molecular complexity index is 1010. The van der Waals surface area contributed by atoms with Crippen molar-refractivity contribution in [2.24, 2.45) is 0 Å². The third kappa shape index (κ3) is 6.84. The van der Waals surface area contributed by atoms with Gasteiger partial charge in [-0.2, -0.15) is 0 Å². The van der Waals surface area contributed by atoms with Crippen molar-refractivity contribution in [2.75, 3.05) is 0 Å². The second-order valence-electron chi connectivity index (χ2n) is 7.33. The molecule has 0 aliphatic heterocycles. The van der Waals surface area contributed by atoms with E-state index < -0.39 is 6.04 Å². The van der Waals surface area contributed by atoms with Crippen molar-refractivity contribution in [1.82, 2.24) is 10.2 Å². The van der Waals surface area contributed by atoms with Gasteiger partial charge >= 0.3 is 0 Å². The molecule has 1 atom stereocenters. The summed E-state index contributed by atoms with van der Waals surface area (Å²) in [5, 5.41) is 4.16. The molecule has 0 saturated carbocycles. The van der Waals surface area contributed by atoms with Gasteiger partial charge in [-0.05, 0) is 47.9 Å². The van der Waals surface area contributed by atoms with E-state index in [-0.39, 0.29) is 18.2 Å². The average molecular weight is 455 g/mol. The van der Waals surface area contributed by atoms with Crippen LogP contribution in [0.3, 0.4) is 0 Å². The van der Waals surface area contributed by atoms with Crippen LogP contribution in [-0.2, 0) is 29.1 Å². The highest BCUT2D eigenvalue weighted by Crippen LogP contribution is 2.16. The van der Waals surface area contributed by atoms with Gasteiger partial charge in [-0.1, -0.05) is 77.8 Å². The van der Waals surface area contributed by atoms with Crippen molar-refractivity contribution >= 4 is 35.0 Å². The highest BCUT2D eigenvalue weighted by molar-refractivity contribution is 6.30. The van der Waals surface area contributed by atoms with E-state index >= 15 is 0 Å². The quantitative estimate of drug-likeness (QED) is 0.503. The molecule has 3 rings (SSSR count). The first-order valence-corrected chi connectivity index (χ1v) is 10.8. The Morgan fingerprint density at radius 1 is 0.806 bits per heavy atom. The van der Waals surface area contributed by atoms with Crippen molar-refractivity contribution in [3.8, 4) is 0 Å². The van der Waals surface area contributed by atoms with E-state index in [2.05, 4.69) is 5.32 Å². The molecule has 0 aliphatic carbocycles. The van der Waals surface area contributed by atoms with Gasteiger partial charge in [0.15, 0.2) is 0 Å². The predicted molar refractivity (Wildman–Crippen MR) is 125 cm³/mol. The second-order valence-corrected chi connectivity index (χ2v) is 8.20. The Morgan fingerprint density at radius 2 is 1.35 bits per heavy atom. The zero-order chi connectivity index (χ0) is 22.2. The highest BCUT2D eigenvalue weighted by Gasteiger charge is 2.26. The molecule has 3 aromatic carbocycles. The summed E-state index contributed by atoms with van der Waals surface area (Å²) in [6.07, 6.45) is 0.182. The zero-order valence-corrected chi connectivity index (χ0v) is 18.7. The Kier molecular flexibility index (Phi) is 8.10. The van der Waals surface area contributed by atoms with Crippen LogP contribution >= 0.6 is 23.2 Å². The lowest BCUT2D eigenvalue weighted by atomic mass is 10.1. The first-order chi connectivity index (χ1) is 14.9. The summed E-state index contributed by atoms with van der Waals surface area (Å²) in [5.74, 6) is -0.345. The molecule has 0 radical (unpaired) electrons. The van der Waals surface area contributed by atoms with Crippen LogP contribution in [0.25, 0.3) is 0 Å². The summed E-state index contributed by atoms with van der Waals surface area (Å²) in [4.78, 5) is 27.6. The normalized spacial score (nSPS) is 11.6. The minimum atomic E-state index is -0.640. The monoisotopic (exact) mass is 454 g/mol. The summed E-state index contributed by atoms with van der Waals surface area (Å²) in [6, 6.07) is 23.5. The van der Waals surface area contributed by atoms with E-state index in [1.54, 1.807) is 36.1 Å². The summed E-state index contributed by atoms with van der Waals surface area (Å²) in [6.45, 7) is 2.46. The lowest BCUT2D eigenvalue weighted by Crippen LogP contribution is -2.47. The summed E-state index contributed by atoms with van der Waals surface area (Å²) in [7, 11) is 0. The van der Waals surface area contributed by atoms with E-state index in [9.17, 15) is 9.59 Å². The molecule has 0 saturated heterocycles. The van der Waals surface area contributed by atoms with Crippen molar-refractivity contribution in [3.05, 3.63) is 106 Å².